The molecule has 0 unspecified atom stereocenters. The molecule has 0 saturated carbocycles. The van der Waals surface area contributed by atoms with Gasteiger partial charge in [-0.3, -0.25) is 4.79 Å². The van der Waals surface area contributed by atoms with Gasteiger partial charge in [0.05, 0.1) is 10.6 Å². The monoisotopic (exact) mass is 266 g/mol. The summed E-state index contributed by atoms with van der Waals surface area (Å²) >= 11 is 5.88. The highest BCUT2D eigenvalue weighted by molar-refractivity contribution is 6.33. The van der Waals surface area contributed by atoms with Gasteiger partial charge >= 0.3 is 0 Å². The van der Waals surface area contributed by atoms with Crippen molar-refractivity contribution in [3.05, 3.63) is 40.5 Å². The number of aldehydes is 1. The normalized spacial score (nSPS) is 10.3. The first-order valence-corrected chi connectivity index (χ1v) is 5.80. The third kappa shape index (κ3) is 2.68. The zero-order chi connectivity index (χ0) is 13.0. The van der Waals surface area contributed by atoms with Crippen molar-refractivity contribution in [2.45, 2.75) is 20.0 Å². The number of nitrogens with zero attached hydrogens (tertiary/aromatic N) is 2. The van der Waals surface area contributed by atoms with E-state index in [1.807, 2.05) is 6.92 Å². The van der Waals surface area contributed by atoms with Crippen LogP contribution >= 0.6 is 11.6 Å². The minimum absolute atomic E-state index is 0.130. The molecule has 1 heterocycles. The van der Waals surface area contributed by atoms with E-state index < -0.39 is 0 Å². The Morgan fingerprint density at radius 2 is 2.33 bits per heavy atom. The molecule has 6 heteroatoms. The van der Waals surface area contributed by atoms with E-state index in [1.54, 1.807) is 18.2 Å². The van der Waals surface area contributed by atoms with Crippen LogP contribution in [0.5, 0.6) is 5.75 Å². The highest BCUT2D eigenvalue weighted by Crippen LogP contribution is 2.24. The van der Waals surface area contributed by atoms with E-state index in [-0.39, 0.29) is 6.61 Å². The molecule has 0 aliphatic carbocycles. The molecule has 18 heavy (non-hydrogen) atoms. The number of rotatable bonds is 5. The summed E-state index contributed by atoms with van der Waals surface area (Å²) in [6, 6.07) is 5.00. The Balaban J connectivity index is 2.10. The molecule has 0 saturated heterocycles. The van der Waals surface area contributed by atoms with Crippen LogP contribution in [-0.4, -0.2) is 16.4 Å². The molecule has 0 radical (unpaired) electrons. The highest BCUT2D eigenvalue weighted by atomic mass is 35.5. The molecule has 0 aliphatic rings. The average molecular weight is 267 g/mol. The van der Waals surface area contributed by atoms with E-state index in [4.69, 9.17) is 20.9 Å². The number of carbonyl (C=O) groups excluding carboxylic acids is 1. The van der Waals surface area contributed by atoms with Crippen molar-refractivity contribution >= 4 is 17.9 Å². The maximum atomic E-state index is 10.9. The number of aryl methyl sites for hydroxylation is 1. The van der Waals surface area contributed by atoms with Gasteiger partial charge in [-0.25, -0.2) is 0 Å². The minimum Gasteiger partial charge on any atom is -0.485 e. The van der Waals surface area contributed by atoms with E-state index in [1.165, 1.54) is 0 Å². The van der Waals surface area contributed by atoms with Gasteiger partial charge in [0.15, 0.2) is 12.9 Å². The van der Waals surface area contributed by atoms with Crippen molar-refractivity contribution in [3.63, 3.8) is 0 Å². The zero-order valence-electron chi connectivity index (χ0n) is 9.72. The Morgan fingerprint density at radius 1 is 1.50 bits per heavy atom. The van der Waals surface area contributed by atoms with Crippen LogP contribution < -0.4 is 4.74 Å². The van der Waals surface area contributed by atoms with E-state index in [0.717, 1.165) is 0 Å². The number of halogens is 1. The molecular formula is C12H11ClN2O3. The molecule has 94 valence electrons. The van der Waals surface area contributed by atoms with Gasteiger partial charge in [-0.1, -0.05) is 29.7 Å². The van der Waals surface area contributed by atoms with Gasteiger partial charge in [-0.05, 0) is 12.1 Å². The summed E-state index contributed by atoms with van der Waals surface area (Å²) < 4.78 is 10.4. The highest BCUT2D eigenvalue weighted by Gasteiger charge is 2.09. The second-order valence-corrected chi connectivity index (χ2v) is 3.92. The van der Waals surface area contributed by atoms with E-state index in [2.05, 4.69) is 10.1 Å². The van der Waals surface area contributed by atoms with Crippen LogP contribution in [0.25, 0.3) is 0 Å². The molecule has 2 rings (SSSR count). The van der Waals surface area contributed by atoms with Crippen molar-refractivity contribution in [2.24, 2.45) is 0 Å². The zero-order valence-corrected chi connectivity index (χ0v) is 10.5. The summed E-state index contributed by atoms with van der Waals surface area (Å²) in [6.45, 7) is 2.05. The summed E-state index contributed by atoms with van der Waals surface area (Å²) in [7, 11) is 0. The molecule has 2 aromatic rings. The van der Waals surface area contributed by atoms with Crippen LogP contribution in [0.1, 0.15) is 29.0 Å². The number of ether oxygens (including phenoxy) is 1. The molecule has 0 fully saturated rings. The summed E-state index contributed by atoms with van der Waals surface area (Å²) in [5, 5.41) is 4.10. The first kappa shape index (κ1) is 12.6. The number of carbonyl (C=O) groups is 1. The molecule has 0 atom stereocenters. The first-order chi connectivity index (χ1) is 8.74. The van der Waals surface area contributed by atoms with Gasteiger partial charge in [0.1, 0.15) is 5.75 Å². The van der Waals surface area contributed by atoms with Crippen LogP contribution in [0.4, 0.5) is 0 Å². The number of aromatic nitrogens is 2. The molecule has 0 N–H and O–H groups in total. The summed E-state index contributed by atoms with van der Waals surface area (Å²) in [5.41, 5.74) is 0.318. The molecule has 5 nitrogen and oxygen atoms in total. The molecule has 1 aromatic heterocycles. The molecule has 1 aromatic carbocycles. The van der Waals surface area contributed by atoms with E-state index >= 15 is 0 Å². The first-order valence-electron chi connectivity index (χ1n) is 5.42. The Hall–Kier alpha value is -1.88. The van der Waals surface area contributed by atoms with Crippen LogP contribution in [0.3, 0.4) is 0 Å². The molecule has 0 bridgehead atoms. The predicted molar refractivity (Wildman–Crippen MR) is 64.8 cm³/mol. The van der Waals surface area contributed by atoms with Gasteiger partial charge in [0.25, 0.3) is 0 Å². The second-order valence-electron chi connectivity index (χ2n) is 3.52. The second kappa shape index (κ2) is 5.64. The largest absolute Gasteiger partial charge is 0.485 e. The summed E-state index contributed by atoms with van der Waals surface area (Å²) in [5.74, 6) is 1.39. The van der Waals surface area contributed by atoms with Crippen molar-refractivity contribution < 1.29 is 14.1 Å². The van der Waals surface area contributed by atoms with Crippen molar-refractivity contribution in [1.29, 1.82) is 0 Å². The van der Waals surface area contributed by atoms with Crippen molar-refractivity contribution in [1.82, 2.24) is 10.1 Å². The molecular weight excluding hydrogens is 256 g/mol. The van der Waals surface area contributed by atoms with Crippen LogP contribution in [0.15, 0.2) is 22.7 Å². The Morgan fingerprint density at radius 3 is 3.00 bits per heavy atom. The maximum absolute atomic E-state index is 10.9. The molecule has 0 spiro atoms. The lowest BCUT2D eigenvalue weighted by molar-refractivity contribution is 0.111. The smallest absolute Gasteiger partial charge is 0.226 e. The molecule has 0 aliphatic heterocycles. The SMILES string of the molecule is CCc1nc(COc2cccc(Cl)c2C=O)no1. The lowest BCUT2D eigenvalue weighted by atomic mass is 10.2. The van der Waals surface area contributed by atoms with E-state index in [9.17, 15) is 4.79 Å². The van der Waals surface area contributed by atoms with E-state index in [0.29, 0.717) is 40.8 Å². The number of hydrogen-bond donors (Lipinski definition) is 0. The fourth-order valence-electron chi connectivity index (χ4n) is 1.39. The van der Waals surface area contributed by atoms with Crippen LogP contribution in [0, 0.1) is 0 Å². The summed E-state index contributed by atoms with van der Waals surface area (Å²) in [6.07, 6.45) is 1.33. The van der Waals surface area contributed by atoms with Crippen molar-refractivity contribution in [3.8, 4) is 5.75 Å². The lowest BCUT2D eigenvalue weighted by Gasteiger charge is -2.06. The molecule has 0 amide bonds. The third-order valence-corrected chi connectivity index (χ3v) is 2.63. The maximum Gasteiger partial charge on any atom is 0.226 e. The Bertz CT molecular complexity index is 554. The van der Waals surface area contributed by atoms with Gasteiger partial charge in [0, 0.05) is 6.42 Å². The van der Waals surface area contributed by atoms with Crippen LogP contribution in [-0.2, 0) is 13.0 Å². The number of benzene rings is 1. The average Bonchev–Trinajstić information content (AvgIpc) is 2.84. The fraction of sp³-hybridized carbons (Fsp3) is 0.250. The van der Waals surface area contributed by atoms with Gasteiger partial charge in [0.2, 0.25) is 11.7 Å². The summed E-state index contributed by atoms with van der Waals surface area (Å²) in [4.78, 5) is 15.0. The van der Waals surface area contributed by atoms with Gasteiger partial charge in [-0.15, -0.1) is 0 Å². The fourth-order valence-corrected chi connectivity index (χ4v) is 1.60. The quantitative estimate of drug-likeness (QED) is 0.779. The Labute approximate surface area is 109 Å². The van der Waals surface area contributed by atoms with Gasteiger partial charge in [-0.2, -0.15) is 4.98 Å². The lowest BCUT2D eigenvalue weighted by Crippen LogP contribution is -2.00. The van der Waals surface area contributed by atoms with Crippen molar-refractivity contribution in [2.75, 3.05) is 0 Å². The van der Waals surface area contributed by atoms with Gasteiger partial charge < -0.3 is 9.26 Å². The predicted octanol–water partition coefficient (Wildman–Crippen LogP) is 2.68. The number of hydrogen-bond acceptors (Lipinski definition) is 5. The Kier molecular flexibility index (Phi) is 3.94. The topological polar surface area (TPSA) is 65.2 Å². The van der Waals surface area contributed by atoms with Crippen LogP contribution in [0.2, 0.25) is 5.02 Å². The third-order valence-electron chi connectivity index (χ3n) is 2.30. The minimum atomic E-state index is 0.130. The standard InChI is InChI=1S/C12H11ClN2O3/c1-2-12-14-11(15-18-12)7-17-10-5-3-4-9(13)8(10)6-16/h3-6H,2,7H2,1H3.